The van der Waals surface area contributed by atoms with Crippen LogP contribution in [0.25, 0.3) is 5.57 Å². The van der Waals surface area contributed by atoms with Crippen LogP contribution < -0.4 is 0 Å². The summed E-state index contributed by atoms with van der Waals surface area (Å²) in [5.41, 5.74) is 2.96. The Labute approximate surface area is 184 Å². The van der Waals surface area contributed by atoms with Crippen molar-refractivity contribution in [3.8, 4) is 0 Å². The Bertz CT molecular complexity index is 990. The fraction of sp³-hybridized carbons (Fsp3) is 0.565. The van der Waals surface area contributed by atoms with Crippen molar-refractivity contribution in [2.75, 3.05) is 12.9 Å². The molecule has 8 heteroatoms. The summed E-state index contributed by atoms with van der Waals surface area (Å²) in [4.78, 5) is 25.8. The van der Waals surface area contributed by atoms with E-state index in [2.05, 4.69) is 0 Å². The second-order valence-corrected chi connectivity index (χ2v) is 11.0. The summed E-state index contributed by atoms with van der Waals surface area (Å²) in [6, 6.07) is 3.92. The maximum Gasteiger partial charge on any atom is 0.342 e. The van der Waals surface area contributed by atoms with Crippen LogP contribution in [0.4, 0.5) is 0 Å². The molecule has 1 aliphatic rings. The normalized spacial score (nSPS) is 18.6. The summed E-state index contributed by atoms with van der Waals surface area (Å²) >= 11 is 0. The van der Waals surface area contributed by atoms with E-state index in [9.17, 15) is 18.0 Å². The zero-order chi connectivity index (χ0) is 23.7. The number of rotatable bonds is 6. The number of aryl methyl sites for hydroxylation is 3. The van der Waals surface area contributed by atoms with Gasteiger partial charge in [-0.05, 0) is 58.2 Å². The number of cyclic esters (lactones) is 1. The van der Waals surface area contributed by atoms with Crippen molar-refractivity contribution >= 4 is 27.6 Å². The molecule has 0 fully saturated rings. The Kier molecular flexibility index (Phi) is 7.38. The van der Waals surface area contributed by atoms with Gasteiger partial charge in [-0.3, -0.25) is 8.98 Å². The topological polar surface area (TPSA) is 96.0 Å². The second kappa shape index (κ2) is 9.12. The van der Waals surface area contributed by atoms with Gasteiger partial charge < -0.3 is 9.47 Å². The maximum absolute atomic E-state index is 13.1. The van der Waals surface area contributed by atoms with Crippen LogP contribution >= 0.6 is 0 Å². The molecule has 1 heterocycles. The average molecular weight is 453 g/mol. The highest BCUT2D eigenvalue weighted by Gasteiger charge is 2.38. The first kappa shape index (κ1) is 25.1. The standard InChI is InChI=1S/C23H32O7S/c1-13-9-14(2)19(15(3)10-13)20-18(30-22(25)23(5,6)7)11-17(29-21(20)24)16(4)12-28-31(8,26)27/h9-10,16-17H,11-12H2,1-8H3. The fourth-order valence-corrected chi connectivity index (χ4v) is 3.93. The van der Waals surface area contributed by atoms with Crippen molar-refractivity contribution in [1.82, 2.24) is 0 Å². The van der Waals surface area contributed by atoms with E-state index in [1.165, 1.54) is 0 Å². The zero-order valence-corrected chi connectivity index (χ0v) is 20.3. The smallest absolute Gasteiger partial charge is 0.342 e. The number of hydrogen-bond acceptors (Lipinski definition) is 7. The fourth-order valence-electron chi connectivity index (χ4n) is 3.47. The van der Waals surface area contributed by atoms with E-state index in [-0.39, 0.29) is 24.4 Å². The summed E-state index contributed by atoms with van der Waals surface area (Å²) in [7, 11) is -3.63. The van der Waals surface area contributed by atoms with E-state index >= 15 is 0 Å². The highest BCUT2D eigenvalue weighted by molar-refractivity contribution is 7.85. The number of hydrogen-bond donors (Lipinski definition) is 0. The van der Waals surface area contributed by atoms with Crippen LogP contribution in [0.3, 0.4) is 0 Å². The lowest BCUT2D eigenvalue weighted by Crippen LogP contribution is -2.35. The van der Waals surface area contributed by atoms with E-state index < -0.39 is 39.5 Å². The molecule has 1 aliphatic heterocycles. The second-order valence-electron chi connectivity index (χ2n) is 9.33. The Morgan fingerprint density at radius 3 is 2.23 bits per heavy atom. The number of carbonyl (C=O) groups is 2. The van der Waals surface area contributed by atoms with Gasteiger partial charge in [0.25, 0.3) is 10.1 Å². The summed E-state index contributed by atoms with van der Waals surface area (Å²) in [5, 5.41) is 0. The van der Waals surface area contributed by atoms with Crippen LogP contribution in [-0.2, 0) is 33.4 Å². The van der Waals surface area contributed by atoms with E-state index in [0.717, 1.165) is 22.9 Å². The third kappa shape index (κ3) is 6.40. The molecule has 0 saturated heterocycles. The molecule has 31 heavy (non-hydrogen) atoms. The zero-order valence-electron chi connectivity index (χ0n) is 19.5. The Morgan fingerprint density at radius 2 is 1.74 bits per heavy atom. The van der Waals surface area contributed by atoms with Gasteiger partial charge in [0, 0.05) is 12.3 Å². The van der Waals surface area contributed by atoms with E-state index in [1.54, 1.807) is 27.7 Å². The van der Waals surface area contributed by atoms with Crippen molar-refractivity contribution in [3.63, 3.8) is 0 Å². The predicted octanol–water partition coefficient (Wildman–Crippen LogP) is 3.84. The van der Waals surface area contributed by atoms with Crippen LogP contribution in [-0.4, -0.2) is 39.3 Å². The summed E-state index contributed by atoms with van der Waals surface area (Å²) in [6.45, 7) is 12.5. The van der Waals surface area contributed by atoms with Crippen LogP contribution in [0.5, 0.6) is 0 Å². The molecule has 2 atom stereocenters. The third-order valence-electron chi connectivity index (χ3n) is 5.06. The minimum absolute atomic E-state index is 0.143. The molecule has 0 bridgehead atoms. The van der Waals surface area contributed by atoms with E-state index in [1.807, 2.05) is 32.9 Å². The molecule has 2 rings (SSSR count). The number of ether oxygens (including phenoxy) is 2. The molecule has 2 unspecified atom stereocenters. The van der Waals surface area contributed by atoms with Crippen molar-refractivity contribution in [2.45, 2.75) is 61.0 Å². The van der Waals surface area contributed by atoms with Crippen LogP contribution in [0.15, 0.2) is 17.9 Å². The molecule has 0 N–H and O–H groups in total. The number of esters is 2. The molecule has 0 aliphatic carbocycles. The largest absolute Gasteiger partial charge is 0.458 e. The lowest BCUT2D eigenvalue weighted by atomic mass is 9.88. The first-order valence-corrected chi connectivity index (χ1v) is 12.0. The van der Waals surface area contributed by atoms with Gasteiger partial charge in [0.1, 0.15) is 17.4 Å². The molecule has 0 saturated carbocycles. The summed E-state index contributed by atoms with van der Waals surface area (Å²) < 4.78 is 38.9. The van der Waals surface area contributed by atoms with Crippen molar-refractivity contribution in [2.24, 2.45) is 11.3 Å². The number of carbonyl (C=O) groups excluding carboxylic acids is 2. The molecule has 0 aromatic heterocycles. The molecule has 172 valence electrons. The quantitative estimate of drug-likeness (QED) is 0.478. The summed E-state index contributed by atoms with van der Waals surface area (Å²) in [6.07, 6.45) is 0.417. The van der Waals surface area contributed by atoms with Crippen LogP contribution in [0.2, 0.25) is 0 Å². The van der Waals surface area contributed by atoms with Crippen LogP contribution in [0.1, 0.15) is 56.4 Å². The van der Waals surface area contributed by atoms with Crippen LogP contribution in [0, 0.1) is 32.1 Å². The Hall–Kier alpha value is -2.19. The first-order chi connectivity index (χ1) is 14.1. The molecule has 7 nitrogen and oxygen atoms in total. The Morgan fingerprint density at radius 1 is 1.19 bits per heavy atom. The summed E-state index contributed by atoms with van der Waals surface area (Å²) in [5.74, 6) is -1.25. The molecule has 1 aromatic rings. The minimum Gasteiger partial charge on any atom is -0.458 e. The molecular weight excluding hydrogens is 420 g/mol. The third-order valence-corrected chi connectivity index (χ3v) is 5.63. The molecule has 0 amide bonds. The SMILES string of the molecule is Cc1cc(C)c(C2=C(OC(=O)C(C)(C)C)CC(C(C)COS(C)(=O)=O)OC2=O)c(C)c1. The van der Waals surface area contributed by atoms with Crippen molar-refractivity contribution < 1.29 is 31.7 Å². The molecule has 1 aromatic carbocycles. The highest BCUT2D eigenvalue weighted by atomic mass is 32.2. The highest BCUT2D eigenvalue weighted by Crippen LogP contribution is 2.37. The monoisotopic (exact) mass is 452 g/mol. The minimum atomic E-state index is -3.63. The maximum atomic E-state index is 13.1. The van der Waals surface area contributed by atoms with Gasteiger partial charge in [-0.25, -0.2) is 4.79 Å². The molecule has 0 spiro atoms. The van der Waals surface area contributed by atoms with E-state index in [4.69, 9.17) is 13.7 Å². The number of benzene rings is 1. The van der Waals surface area contributed by atoms with Gasteiger partial charge in [0.05, 0.1) is 18.3 Å². The van der Waals surface area contributed by atoms with Gasteiger partial charge in [0.2, 0.25) is 0 Å². The average Bonchev–Trinajstić information content (AvgIpc) is 2.59. The van der Waals surface area contributed by atoms with E-state index in [0.29, 0.717) is 5.56 Å². The molecular formula is C23H32O7S. The van der Waals surface area contributed by atoms with Gasteiger partial charge >= 0.3 is 11.9 Å². The lowest BCUT2D eigenvalue weighted by molar-refractivity contribution is -0.153. The Balaban J connectivity index is 2.52. The van der Waals surface area contributed by atoms with Gasteiger partial charge in [-0.2, -0.15) is 8.42 Å². The van der Waals surface area contributed by atoms with Gasteiger partial charge in [-0.1, -0.05) is 24.6 Å². The lowest BCUT2D eigenvalue weighted by Gasteiger charge is -2.32. The van der Waals surface area contributed by atoms with Crippen molar-refractivity contribution in [1.29, 1.82) is 0 Å². The van der Waals surface area contributed by atoms with Crippen molar-refractivity contribution in [3.05, 3.63) is 40.1 Å². The first-order valence-electron chi connectivity index (χ1n) is 10.2. The van der Waals surface area contributed by atoms with Gasteiger partial charge in [-0.15, -0.1) is 0 Å². The predicted molar refractivity (Wildman–Crippen MR) is 118 cm³/mol. The van der Waals surface area contributed by atoms with Gasteiger partial charge in [0.15, 0.2) is 0 Å². The molecule has 0 radical (unpaired) electrons.